The Morgan fingerprint density at radius 2 is 2.00 bits per heavy atom. The summed E-state index contributed by atoms with van der Waals surface area (Å²) in [6.07, 6.45) is 0.501. The van der Waals surface area contributed by atoms with Crippen LogP contribution in [0.1, 0.15) is 6.42 Å². The topological polar surface area (TPSA) is 54.5 Å². The van der Waals surface area contributed by atoms with E-state index in [-0.39, 0.29) is 0 Å². The molecule has 104 valence electrons. The average molecular weight is 312 g/mol. The highest BCUT2D eigenvalue weighted by molar-refractivity contribution is 7.99. The van der Waals surface area contributed by atoms with Crippen molar-refractivity contribution in [3.8, 4) is 22.5 Å². The highest BCUT2D eigenvalue weighted by atomic mass is 32.2. The molecule has 0 spiro atoms. The first-order valence-electron chi connectivity index (χ1n) is 6.44. The van der Waals surface area contributed by atoms with E-state index < -0.39 is 0 Å². The maximum absolute atomic E-state index is 8.68. The molecular weight excluding hydrogens is 300 g/mol. The van der Waals surface area contributed by atoms with Gasteiger partial charge in [-0.05, 0) is 23.6 Å². The van der Waals surface area contributed by atoms with Crippen LogP contribution in [0.5, 0.6) is 0 Å². The fourth-order valence-corrected chi connectivity index (χ4v) is 3.42. The van der Waals surface area contributed by atoms with E-state index in [1.54, 1.807) is 23.1 Å². The number of para-hydroxylation sites is 1. The van der Waals surface area contributed by atoms with E-state index >= 15 is 0 Å². The van der Waals surface area contributed by atoms with Crippen LogP contribution in [-0.4, -0.2) is 20.5 Å². The summed E-state index contributed by atoms with van der Waals surface area (Å²) in [5.74, 6) is 1.56. The highest BCUT2D eigenvalue weighted by Crippen LogP contribution is 2.30. The quantitative estimate of drug-likeness (QED) is 0.528. The third kappa shape index (κ3) is 2.99. The lowest BCUT2D eigenvalue weighted by Gasteiger charge is -2.08. The molecule has 2 heterocycles. The van der Waals surface area contributed by atoms with Crippen molar-refractivity contribution in [2.75, 3.05) is 5.75 Å². The molecule has 0 N–H and O–H groups in total. The van der Waals surface area contributed by atoms with Crippen LogP contribution in [-0.2, 0) is 0 Å². The number of nitriles is 1. The standard InChI is InChI=1S/C15H12N4S2/c16-9-5-11-21-15-18-17-14(13-8-4-10-20-13)19(15)12-6-2-1-3-7-12/h1-4,6-8,10H,5,11H2. The second-order valence-electron chi connectivity index (χ2n) is 4.21. The van der Waals surface area contributed by atoms with Gasteiger partial charge in [0.25, 0.3) is 0 Å². The van der Waals surface area contributed by atoms with Gasteiger partial charge in [0.2, 0.25) is 0 Å². The Hall–Kier alpha value is -2.10. The van der Waals surface area contributed by atoms with Crippen LogP contribution in [0, 0.1) is 11.3 Å². The van der Waals surface area contributed by atoms with Crippen LogP contribution in [0.15, 0.2) is 53.0 Å². The molecule has 0 aliphatic heterocycles. The van der Waals surface area contributed by atoms with Gasteiger partial charge in [0.1, 0.15) is 0 Å². The molecule has 0 bridgehead atoms. The fourth-order valence-electron chi connectivity index (χ4n) is 1.93. The summed E-state index contributed by atoms with van der Waals surface area (Å²) in [5, 5.41) is 20.2. The van der Waals surface area contributed by atoms with Crippen molar-refractivity contribution >= 4 is 23.1 Å². The number of nitrogens with zero attached hydrogens (tertiary/aromatic N) is 4. The number of thioether (sulfide) groups is 1. The number of benzene rings is 1. The van der Waals surface area contributed by atoms with E-state index in [2.05, 4.69) is 16.3 Å². The van der Waals surface area contributed by atoms with Crippen LogP contribution >= 0.6 is 23.1 Å². The summed E-state index contributed by atoms with van der Waals surface area (Å²) < 4.78 is 2.05. The van der Waals surface area contributed by atoms with Crippen LogP contribution in [0.2, 0.25) is 0 Å². The first-order valence-corrected chi connectivity index (χ1v) is 8.31. The molecule has 0 radical (unpaired) electrons. The van der Waals surface area contributed by atoms with Crippen molar-refractivity contribution < 1.29 is 0 Å². The number of hydrogen-bond donors (Lipinski definition) is 0. The molecule has 0 aliphatic carbocycles. The Morgan fingerprint density at radius 3 is 2.71 bits per heavy atom. The van der Waals surface area contributed by atoms with Gasteiger partial charge in [-0.1, -0.05) is 36.0 Å². The van der Waals surface area contributed by atoms with Crippen molar-refractivity contribution in [3.63, 3.8) is 0 Å². The Balaban J connectivity index is 2.04. The molecule has 3 rings (SSSR count). The average Bonchev–Trinajstić information content (AvgIpc) is 3.17. The third-order valence-corrected chi connectivity index (χ3v) is 4.63. The summed E-state index contributed by atoms with van der Waals surface area (Å²) in [4.78, 5) is 1.08. The van der Waals surface area contributed by atoms with Gasteiger partial charge >= 0.3 is 0 Å². The zero-order valence-electron chi connectivity index (χ0n) is 11.1. The van der Waals surface area contributed by atoms with Gasteiger partial charge in [-0.3, -0.25) is 4.57 Å². The van der Waals surface area contributed by atoms with E-state index in [0.717, 1.165) is 21.5 Å². The molecule has 0 saturated heterocycles. The molecule has 4 nitrogen and oxygen atoms in total. The SMILES string of the molecule is N#CCCSc1nnc(-c2cccs2)n1-c1ccccc1. The molecule has 0 aliphatic rings. The summed E-state index contributed by atoms with van der Waals surface area (Å²) in [6, 6.07) is 16.3. The molecule has 0 unspecified atom stereocenters. The van der Waals surface area contributed by atoms with E-state index in [1.165, 1.54) is 0 Å². The Bertz CT molecular complexity index is 742. The molecule has 0 fully saturated rings. The van der Waals surface area contributed by atoms with Gasteiger partial charge < -0.3 is 0 Å². The number of hydrogen-bond acceptors (Lipinski definition) is 5. The molecule has 1 aromatic carbocycles. The van der Waals surface area contributed by atoms with E-state index in [0.29, 0.717) is 12.2 Å². The van der Waals surface area contributed by atoms with Gasteiger partial charge in [-0.25, -0.2) is 0 Å². The van der Waals surface area contributed by atoms with Crippen molar-refractivity contribution in [1.29, 1.82) is 5.26 Å². The minimum Gasteiger partial charge on any atom is -0.269 e. The van der Waals surface area contributed by atoms with Gasteiger partial charge in [0, 0.05) is 17.9 Å². The minimum absolute atomic E-state index is 0.501. The van der Waals surface area contributed by atoms with Gasteiger partial charge in [-0.15, -0.1) is 21.5 Å². The molecule has 0 saturated carbocycles. The van der Waals surface area contributed by atoms with Crippen molar-refractivity contribution in [1.82, 2.24) is 14.8 Å². The molecule has 0 atom stereocenters. The zero-order valence-corrected chi connectivity index (χ0v) is 12.8. The molecular formula is C15H12N4S2. The van der Waals surface area contributed by atoms with Crippen LogP contribution in [0.3, 0.4) is 0 Å². The lowest BCUT2D eigenvalue weighted by Crippen LogP contribution is -1.98. The van der Waals surface area contributed by atoms with E-state index in [4.69, 9.17) is 5.26 Å². The predicted molar refractivity (Wildman–Crippen MR) is 85.6 cm³/mol. The summed E-state index contributed by atoms with van der Waals surface area (Å²) in [7, 11) is 0. The van der Waals surface area contributed by atoms with Crippen molar-refractivity contribution in [2.45, 2.75) is 11.6 Å². The van der Waals surface area contributed by atoms with E-state index in [1.807, 2.05) is 52.4 Å². The summed E-state index contributed by atoms with van der Waals surface area (Å²) in [5.41, 5.74) is 1.03. The minimum atomic E-state index is 0.501. The number of rotatable bonds is 5. The second-order valence-corrected chi connectivity index (χ2v) is 6.22. The second kappa shape index (κ2) is 6.57. The summed E-state index contributed by atoms with van der Waals surface area (Å²) in [6.45, 7) is 0. The molecule has 3 aromatic rings. The van der Waals surface area contributed by atoms with Crippen molar-refractivity contribution in [3.05, 3.63) is 47.8 Å². The molecule has 6 heteroatoms. The normalized spacial score (nSPS) is 10.4. The van der Waals surface area contributed by atoms with Gasteiger partial charge in [-0.2, -0.15) is 5.26 Å². The lowest BCUT2D eigenvalue weighted by molar-refractivity contribution is 0.886. The maximum Gasteiger partial charge on any atom is 0.196 e. The maximum atomic E-state index is 8.68. The van der Waals surface area contributed by atoms with Gasteiger partial charge in [0.15, 0.2) is 11.0 Å². The Morgan fingerprint density at radius 1 is 1.14 bits per heavy atom. The molecule has 0 amide bonds. The lowest BCUT2D eigenvalue weighted by atomic mass is 10.3. The highest BCUT2D eigenvalue weighted by Gasteiger charge is 2.16. The van der Waals surface area contributed by atoms with Crippen molar-refractivity contribution in [2.24, 2.45) is 0 Å². The predicted octanol–water partition coefficient (Wildman–Crippen LogP) is 4.00. The number of thiophene rings is 1. The summed E-state index contributed by atoms with van der Waals surface area (Å²) >= 11 is 3.20. The fraction of sp³-hybridized carbons (Fsp3) is 0.133. The Kier molecular flexibility index (Phi) is 4.34. The zero-order chi connectivity index (χ0) is 14.5. The first kappa shape index (κ1) is 13.9. The van der Waals surface area contributed by atoms with Crippen LogP contribution < -0.4 is 0 Å². The third-order valence-electron chi connectivity index (χ3n) is 2.83. The van der Waals surface area contributed by atoms with Crippen LogP contribution in [0.25, 0.3) is 16.4 Å². The Labute approximate surface area is 131 Å². The smallest absolute Gasteiger partial charge is 0.196 e. The van der Waals surface area contributed by atoms with Gasteiger partial charge in [0.05, 0.1) is 10.9 Å². The van der Waals surface area contributed by atoms with Crippen LogP contribution in [0.4, 0.5) is 0 Å². The molecule has 2 aromatic heterocycles. The monoisotopic (exact) mass is 312 g/mol. The van der Waals surface area contributed by atoms with E-state index in [9.17, 15) is 0 Å². The number of aromatic nitrogens is 3. The molecule has 21 heavy (non-hydrogen) atoms. The first-order chi connectivity index (χ1) is 10.4. The largest absolute Gasteiger partial charge is 0.269 e.